The van der Waals surface area contributed by atoms with Crippen LogP contribution in [0.3, 0.4) is 0 Å². The van der Waals surface area contributed by atoms with Crippen molar-refractivity contribution in [1.82, 2.24) is 0 Å². The Bertz CT molecular complexity index is 216. The molecular formula is C14H26ClN. The lowest BCUT2D eigenvalue weighted by atomic mass is 9.47. The van der Waals surface area contributed by atoms with Crippen LogP contribution in [-0.4, -0.2) is 6.04 Å². The minimum Gasteiger partial charge on any atom is -0.327 e. The van der Waals surface area contributed by atoms with Crippen LogP contribution in [-0.2, 0) is 0 Å². The summed E-state index contributed by atoms with van der Waals surface area (Å²) in [5.41, 5.74) is 7.07. The maximum absolute atomic E-state index is 6.48. The summed E-state index contributed by atoms with van der Waals surface area (Å²) >= 11 is 0. The minimum atomic E-state index is 0. The van der Waals surface area contributed by atoms with Crippen molar-refractivity contribution in [3.05, 3.63) is 0 Å². The lowest BCUT2D eigenvalue weighted by molar-refractivity contribution is -0.0682. The van der Waals surface area contributed by atoms with Crippen LogP contribution in [0.5, 0.6) is 0 Å². The van der Waals surface area contributed by atoms with E-state index in [9.17, 15) is 0 Å². The van der Waals surface area contributed by atoms with E-state index in [1.54, 1.807) is 0 Å². The van der Waals surface area contributed by atoms with Gasteiger partial charge in [-0.25, -0.2) is 0 Å². The molecule has 1 unspecified atom stereocenters. The number of hydrogen-bond acceptors (Lipinski definition) is 1. The number of nitrogens with two attached hydrogens (primary N) is 1. The van der Waals surface area contributed by atoms with Gasteiger partial charge in [-0.05, 0) is 68.1 Å². The normalized spacial score (nSPS) is 46.5. The Morgan fingerprint density at radius 1 is 1.06 bits per heavy atom. The fourth-order valence-electron chi connectivity index (χ4n) is 5.25. The Kier molecular flexibility index (Phi) is 3.57. The van der Waals surface area contributed by atoms with Crippen LogP contribution in [0.25, 0.3) is 0 Å². The van der Waals surface area contributed by atoms with Crippen molar-refractivity contribution < 1.29 is 0 Å². The van der Waals surface area contributed by atoms with E-state index in [0.29, 0.717) is 11.5 Å². The van der Waals surface area contributed by atoms with Crippen molar-refractivity contribution in [2.75, 3.05) is 0 Å². The molecule has 4 aliphatic carbocycles. The summed E-state index contributed by atoms with van der Waals surface area (Å²) in [5.74, 6) is 3.16. The average molecular weight is 244 g/mol. The third-order valence-corrected chi connectivity index (χ3v) is 5.47. The molecule has 94 valence electrons. The van der Waals surface area contributed by atoms with Crippen LogP contribution < -0.4 is 5.73 Å². The van der Waals surface area contributed by atoms with Gasteiger partial charge >= 0.3 is 0 Å². The van der Waals surface area contributed by atoms with Gasteiger partial charge in [0.1, 0.15) is 0 Å². The molecule has 2 N–H and O–H groups in total. The quantitative estimate of drug-likeness (QED) is 0.803. The largest absolute Gasteiger partial charge is 0.327 e. The molecule has 4 saturated carbocycles. The van der Waals surface area contributed by atoms with Gasteiger partial charge in [-0.2, -0.15) is 0 Å². The molecule has 16 heavy (non-hydrogen) atoms. The van der Waals surface area contributed by atoms with E-state index in [-0.39, 0.29) is 12.4 Å². The zero-order valence-electron chi connectivity index (χ0n) is 10.5. The molecule has 0 aromatic heterocycles. The molecule has 0 aliphatic heterocycles. The van der Waals surface area contributed by atoms with Crippen LogP contribution in [0.1, 0.15) is 58.3 Å². The predicted octanol–water partition coefficient (Wildman–Crippen LogP) is 3.75. The first kappa shape index (κ1) is 12.7. The third kappa shape index (κ3) is 1.90. The van der Waals surface area contributed by atoms with Crippen molar-refractivity contribution in [2.45, 2.75) is 64.3 Å². The summed E-state index contributed by atoms with van der Waals surface area (Å²) < 4.78 is 0. The number of hydrogen-bond donors (Lipinski definition) is 1. The first-order valence-corrected chi connectivity index (χ1v) is 6.97. The summed E-state index contributed by atoms with van der Waals surface area (Å²) in [6.07, 6.45) is 11.6. The van der Waals surface area contributed by atoms with Gasteiger partial charge in [-0.15, -0.1) is 12.4 Å². The fourth-order valence-corrected chi connectivity index (χ4v) is 5.25. The molecule has 4 fully saturated rings. The highest BCUT2D eigenvalue weighted by atomic mass is 35.5. The predicted molar refractivity (Wildman–Crippen MR) is 70.7 cm³/mol. The van der Waals surface area contributed by atoms with Gasteiger partial charge in [0.2, 0.25) is 0 Å². The molecule has 0 saturated heterocycles. The van der Waals surface area contributed by atoms with Gasteiger partial charge in [-0.3, -0.25) is 0 Å². The monoisotopic (exact) mass is 243 g/mol. The zero-order chi connectivity index (χ0) is 10.5. The molecule has 0 radical (unpaired) electrons. The van der Waals surface area contributed by atoms with Gasteiger partial charge < -0.3 is 5.73 Å². The highest BCUT2D eigenvalue weighted by molar-refractivity contribution is 5.85. The first-order valence-electron chi connectivity index (χ1n) is 6.97. The van der Waals surface area contributed by atoms with Crippen LogP contribution in [0, 0.1) is 23.2 Å². The second-order valence-corrected chi connectivity index (χ2v) is 6.68. The van der Waals surface area contributed by atoms with E-state index in [1.165, 1.54) is 51.4 Å². The van der Waals surface area contributed by atoms with E-state index < -0.39 is 0 Å². The molecule has 0 aromatic rings. The highest BCUT2D eigenvalue weighted by Crippen LogP contribution is 2.61. The first-order chi connectivity index (χ1) is 7.22. The van der Waals surface area contributed by atoms with Crippen molar-refractivity contribution in [3.8, 4) is 0 Å². The second-order valence-electron chi connectivity index (χ2n) is 6.68. The molecule has 1 nitrogen and oxygen atoms in total. The minimum absolute atomic E-state index is 0. The van der Waals surface area contributed by atoms with E-state index in [0.717, 1.165) is 17.8 Å². The lowest BCUT2D eigenvalue weighted by Gasteiger charge is -2.59. The molecule has 0 heterocycles. The second kappa shape index (κ2) is 4.49. The molecule has 0 spiro atoms. The highest BCUT2D eigenvalue weighted by Gasteiger charge is 2.52. The maximum Gasteiger partial charge on any atom is 0.00957 e. The topological polar surface area (TPSA) is 26.0 Å². The summed E-state index contributed by atoms with van der Waals surface area (Å²) in [6, 6.07) is 0.510. The molecular weight excluding hydrogens is 218 g/mol. The van der Waals surface area contributed by atoms with Crippen LogP contribution in [0.2, 0.25) is 0 Å². The number of rotatable bonds is 3. The van der Waals surface area contributed by atoms with E-state index in [1.807, 2.05) is 0 Å². The molecule has 2 heteroatoms. The van der Waals surface area contributed by atoms with Crippen LogP contribution in [0.15, 0.2) is 0 Å². The molecule has 4 rings (SSSR count). The Morgan fingerprint density at radius 3 is 1.88 bits per heavy atom. The summed E-state index contributed by atoms with van der Waals surface area (Å²) in [5, 5.41) is 0. The van der Waals surface area contributed by atoms with E-state index in [2.05, 4.69) is 6.92 Å². The zero-order valence-corrected chi connectivity index (χ0v) is 11.3. The fraction of sp³-hybridized carbons (Fsp3) is 1.00. The summed E-state index contributed by atoms with van der Waals surface area (Å²) in [7, 11) is 0. The van der Waals surface area contributed by atoms with Gasteiger partial charge in [0.15, 0.2) is 0 Å². The molecule has 0 aromatic carbocycles. The lowest BCUT2D eigenvalue weighted by Crippen LogP contribution is -2.54. The molecule has 0 amide bonds. The van der Waals surface area contributed by atoms with Crippen molar-refractivity contribution in [2.24, 2.45) is 28.9 Å². The third-order valence-electron chi connectivity index (χ3n) is 5.47. The SMILES string of the molecule is CCCC(N)C12CC3CC(CC(C3)C1)C2.Cl. The van der Waals surface area contributed by atoms with Crippen LogP contribution >= 0.6 is 12.4 Å². The molecule has 1 atom stereocenters. The smallest absolute Gasteiger partial charge is 0.00957 e. The molecule has 4 aliphatic rings. The number of halogens is 1. The average Bonchev–Trinajstić information content (AvgIpc) is 2.15. The van der Waals surface area contributed by atoms with Gasteiger partial charge in [0.05, 0.1) is 0 Å². The Labute approximate surface area is 106 Å². The summed E-state index contributed by atoms with van der Waals surface area (Å²) in [4.78, 5) is 0. The van der Waals surface area contributed by atoms with Crippen molar-refractivity contribution in [1.29, 1.82) is 0 Å². The molecule has 4 bridgehead atoms. The van der Waals surface area contributed by atoms with E-state index in [4.69, 9.17) is 5.73 Å². The van der Waals surface area contributed by atoms with Crippen molar-refractivity contribution in [3.63, 3.8) is 0 Å². The Balaban J connectivity index is 0.000000963. The van der Waals surface area contributed by atoms with Crippen LogP contribution in [0.4, 0.5) is 0 Å². The van der Waals surface area contributed by atoms with Gasteiger partial charge in [-0.1, -0.05) is 13.3 Å². The Morgan fingerprint density at radius 2 is 1.50 bits per heavy atom. The van der Waals surface area contributed by atoms with Gasteiger partial charge in [0.25, 0.3) is 0 Å². The van der Waals surface area contributed by atoms with Crippen molar-refractivity contribution >= 4 is 12.4 Å². The summed E-state index contributed by atoms with van der Waals surface area (Å²) in [6.45, 7) is 2.28. The van der Waals surface area contributed by atoms with E-state index >= 15 is 0 Å². The van der Waals surface area contributed by atoms with Gasteiger partial charge in [0, 0.05) is 6.04 Å². The Hall–Kier alpha value is 0.250. The standard InChI is InChI=1S/C14H25N.ClH/c1-2-3-13(15)14-7-10-4-11(8-14)6-12(5-10)9-14;/h10-13H,2-9,15H2,1H3;1H. The maximum atomic E-state index is 6.48.